The molecule has 0 saturated carbocycles. The summed E-state index contributed by atoms with van der Waals surface area (Å²) in [7, 11) is -3.48. The summed E-state index contributed by atoms with van der Waals surface area (Å²) in [6.45, 7) is 7.15. The third kappa shape index (κ3) is 6.34. The molecule has 0 bridgehead atoms. The fraction of sp³-hybridized carbons (Fsp3) is 0.700. The SMILES string of the molecule is CCCCOc1ccc2c(c1)C(N(CCOCCO)S(C)(=O)=O)CC(C)(C)O2. The molecule has 1 heterocycles. The summed E-state index contributed by atoms with van der Waals surface area (Å²) >= 11 is 0. The predicted molar refractivity (Wildman–Crippen MR) is 108 cm³/mol. The Balaban J connectivity index is 2.33. The van der Waals surface area contributed by atoms with Crippen LogP contribution in [0.2, 0.25) is 0 Å². The van der Waals surface area contributed by atoms with E-state index in [4.69, 9.17) is 19.3 Å². The number of hydrogen-bond acceptors (Lipinski definition) is 6. The average molecular weight is 416 g/mol. The van der Waals surface area contributed by atoms with Crippen LogP contribution in [-0.4, -0.2) is 62.7 Å². The first-order valence-corrected chi connectivity index (χ1v) is 11.6. The lowest BCUT2D eigenvalue weighted by atomic mass is 9.89. The lowest BCUT2D eigenvalue weighted by Crippen LogP contribution is -2.44. The molecule has 160 valence electrons. The molecular formula is C20H33NO6S. The van der Waals surface area contributed by atoms with E-state index in [1.54, 1.807) is 0 Å². The van der Waals surface area contributed by atoms with Gasteiger partial charge in [-0.3, -0.25) is 0 Å². The molecule has 0 radical (unpaired) electrons. The molecule has 1 aromatic carbocycles. The molecule has 0 fully saturated rings. The molecule has 0 aromatic heterocycles. The van der Waals surface area contributed by atoms with Crippen molar-refractivity contribution in [3.8, 4) is 11.5 Å². The number of hydrogen-bond donors (Lipinski definition) is 1. The molecule has 8 heteroatoms. The van der Waals surface area contributed by atoms with Gasteiger partial charge in [-0.2, -0.15) is 4.31 Å². The maximum atomic E-state index is 12.6. The number of aliphatic hydroxyl groups is 1. The average Bonchev–Trinajstić information content (AvgIpc) is 2.60. The first-order chi connectivity index (χ1) is 13.2. The fourth-order valence-corrected chi connectivity index (χ4v) is 4.41. The Morgan fingerprint density at radius 3 is 2.68 bits per heavy atom. The highest BCUT2D eigenvalue weighted by molar-refractivity contribution is 7.88. The third-order valence-electron chi connectivity index (χ3n) is 4.64. The molecule has 0 spiro atoms. The second-order valence-corrected chi connectivity index (χ2v) is 9.63. The molecule has 0 aliphatic carbocycles. The summed E-state index contributed by atoms with van der Waals surface area (Å²) in [6, 6.07) is 5.23. The largest absolute Gasteiger partial charge is 0.494 e. The lowest BCUT2D eigenvalue weighted by Gasteiger charge is -2.41. The lowest BCUT2D eigenvalue weighted by molar-refractivity contribution is 0.0387. The molecular weight excluding hydrogens is 382 g/mol. The van der Waals surface area contributed by atoms with Crippen molar-refractivity contribution < 1.29 is 27.7 Å². The molecule has 28 heavy (non-hydrogen) atoms. The van der Waals surface area contributed by atoms with E-state index in [0.717, 1.165) is 18.4 Å². The Hall–Kier alpha value is -1.35. The molecule has 1 aromatic rings. The van der Waals surface area contributed by atoms with Gasteiger partial charge < -0.3 is 19.3 Å². The second kappa shape index (κ2) is 9.91. The molecule has 2 rings (SSSR count). The standard InChI is InChI=1S/C20H33NO6S/c1-5-6-11-26-16-7-8-19-17(14-16)18(15-20(2,3)27-19)21(28(4,23)24)9-12-25-13-10-22/h7-8,14,18,22H,5-6,9-13,15H2,1-4H3. The molecule has 0 saturated heterocycles. The first kappa shape index (κ1) is 22.9. The van der Waals surface area contributed by atoms with Gasteiger partial charge in [-0.25, -0.2) is 8.42 Å². The smallest absolute Gasteiger partial charge is 0.211 e. The van der Waals surface area contributed by atoms with Gasteiger partial charge in [0, 0.05) is 18.5 Å². The molecule has 1 aliphatic heterocycles. The van der Waals surface area contributed by atoms with Crippen LogP contribution < -0.4 is 9.47 Å². The van der Waals surface area contributed by atoms with Crippen LogP contribution in [0.4, 0.5) is 0 Å². The van der Waals surface area contributed by atoms with E-state index < -0.39 is 15.6 Å². The molecule has 7 nitrogen and oxygen atoms in total. The van der Waals surface area contributed by atoms with Gasteiger partial charge in [-0.1, -0.05) is 13.3 Å². The molecule has 1 N–H and O–H groups in total. The van der Waals surface area contributed by atoms with Gasteiger partial charge in [0.25, 0.3) is 0 Å². The van der Waals surface area contributed by atoms with Crippen LogP contribution in [0.1, 0.15) is 51.6 Å². The number of sulfonamides is 1. The van der Waals surface area contributed by atoms with Crippen LogP contribution in [0, 0.1) is 0 Å². The number of unbranched alkanes of at least 4 members (excludes halogenated alkanes) is 1. The summed E-state index contributed by atoms with van der Waals surface area (Å²) in [4.78, 5) is 0. The van der Waals surface area contributed by atoms with Crippen molar-refractivity contribution in [1.29, 1.82) is 0 Å². The predicted octanol–water partition coefficient (Wildman–Crippen LogP) is 2.74. The number of rotatable bonds is 11. The van der Waals surface area contributed by atoms with Crippen molar-refractivity contribution in [2.24, 2.45) is 0 Å². The van der Waals surface area contributed by atoms with Gasteiger partial charge in [-0.05, 0) is 38.5 Å². The number of fused-ring (bicyclic) bond motifs is 1. The zero-order chi connectivity index (χ0) is 20.8. The Morgan fingerprint density at radius 1 is 1.29 bits per heavy atom. The molecule has 1 unspecified atom stereocenters. The number of aliphatic hydroxyl groups excluding tert-OH is 1. The third-order valence-corrected chi connectivity index (χ3v) is 5.93. The minimum Gasteiger partial charge on any atom is -0.494 e. The van der Waals surface area contributed by atoms with E-state index in [2.05, 4.69) is 6.92 Å². The van der Waals surface area contributed by atoms with Crippen molar-refractivity contribution in [2.45, 2.75) is 51.7 Å². The zero-order valence-corrected chi connectivity index (χ0v) is 18.1. The van der Waals surface area contributed by atoms with Crippen molar-refractivity contribution >= 4 is 10.0 Å². The highest BCUT2D eigenvalue weighted by atomic mass is 32.2. The highest BCUT2D eigenvalue weighted by Crippen LogP contribution is 2.44. The summed E-state index contributed by atoms with van der Waals surface area (Å²) in [5.41, 5.74) is 0.304. The first-order valence-electron chi connectivity index (χ1n) is 9.79. The quantitative estimate of drug-likeness (QED) is 0.560. The van der Waals surface area contributed by atoms with E-state index in [0.29, 0.717) is 24.5 Å². The summed E-state index contributed by atoms with van der Waals surface area (Å²) in [5.74, 6) is 1.39. The molecule has 1 aliphatic rings. The Bertz CT molecular complexity index is 734. The minimum absolute atomic E-state index is 0.0928. The second-order valence-electron chi connectivity index (χ2n) is 7.69. The number of nitrogens with zero attached hydrogens (tertiary/aromatic N) is 1. The van der Waals surface area contributed by atoms with Gasteiger partial charge in [-0.15, -0.1) is 0 Å². The van der Waals surface area contributed by atoms with Crippen molar-refractivity contribution in [1.82, 2.24) is 4.31 Å². The summed E-state index contributed by atoms with van der Waals surface area (Å²) < 4.78 is 43.8. The van der Waals surface area contributed by atoms with Gasteiger partial charge in [0.2, 0.25) is 10.0 Å². The van der Waals surface area contributed by atoms with Crippen LogP contribution in [0.25, 0.3) is 0 Å². The van der Waals surface area contributed by atoms with Crippen LogP contribution in [0.5, 0.6) is 11.5 Å². The fourth-order valence-electron chi connectivity index (χ4n) is 3.35. The topological polar surface area (TPSA) is 85.3 Å². The van der Waals surface area contributed by atoms with E-state index in [-0.39, 0.29) is 32.4 Å². The Morgan fingerprint density at radius 2 is 2.04 bits per heavy atom. The summed E-state index contributed by atoms with van der Waals surface area (Å²) in [5, 5.41) is 8.87. The van der Waals surface area contributed by atoms with Crippen LogP contribution >= 0.6 is 0 Å². The Kier molecular flexibility index (Phi) is 8.12. The molecule has 1 atom stereocenters. The van der Waals surface area contributed by atoms with Crippen LogP contribution in [0.15, 0.2) is 18.2 Å². The minimum atomic E-state index is -3.48. The molecule has 0 amide bonds. The van der Waals surface area contributed by atoms with Gasteiger partial charge in [0.15, 0.2) is 0 Å². The Labute approximate surface area is 168 Å². The van der Waals surface area contributed by atoms with E-state index in [1.165, 1.54) is 10.6 Å². The maximum absolute atomic E-state index is 12.6. The monoisotopic (exact) mass is 415 g/mol. The number of ether oxygens (including phenoxy) is 3. The van der Waals surface area contributed by atoms with Crippen molar-refractivity contribution in [3.63, 3.8) is 0 Å². The van der Waals surface area contributed by atoms with Crippen molar-refractivity contribution in [3.05, 3.63) is 23.8 Å². The maximum Gasteiger partial charge on any atom is 0.211 e. The van der Waals surface area contributed by atoms with E-state index in [1.807, 2.05) is 32.0 Å². The van der Waals surface area contributed by atoms with E-state index in [9.17, 15) is 8.42 Å². The van der Waals surface area contributed by atoms with Crippen LogP contribution in [0.3, 0.4) is 0 Å². The number of benzene rings is 1. The van der Waals surface area contributed by atoms with Gasteiger partial charge in [0.1, 0.15) is 17.1 Å². The summed E-state index contributed by atoms with van der Waals surface area (Å²) in [6.07, 6.45) is 3.73. The highest BCUT2D eigenvalue weighted by Gasteiger charge is 2.40. The normalized spacial score (nSPS) is 18.6. The van der Waals surface area contributed by atoms with Crippen LogP contribution in [-0.2, 0) is 14.8 Å². The van der Waals surface area contributed by atoms with E-state index >= 15 is 0 Å². The van der Waals surface area contributed by atoms with Gasteiger partial charge in [0.05, 0.1) is 38.7 Å². The van der Waals surface area contributed by atoms with Crippen molar-refractivity contribution in [2.75, 3.05) is 39.2 Å². The zero-order valence-electron chi connectivity index (χ0n) is 17.3. The van der Waals surface area contributed by atoms with Gasteiger partial charge >= 0.3 is 0 Å².